The van der Waals surface area contributed by atoms with Crippen molar-refractivity contribution in [1.82, 2.24) is 9.29 Å². The average molecular weight is 408 g/mol. The number of piperidine rings is 1. The SMILES string of the molecule is O=C(Nc1nc2ccc(S(=O)(=O)N3CCCCC3)cc2s1)C(Cl)Cl. The standard InChI is InChI=1S/C14H15Cl2N3O3S2/c15-12(16)13(20)18-14-17-10-5-4-9(8-11(10)23-14)24(21,22)19-6-2-1-3-7-19/h4-5,8,12H,1-3,6-7H2,(H,17,18,20). The molecule has 1 N–H and O–H groups in total. The number of halogens is 2. The summed E-state index contributed by atoms with van der Waals surface area (Å²) in [6, 6.07) is 4.77. The summed E-state index contributed by atoms with van der Waals surface area (Å²) in [6.45, 7) is 1.11. The molecule has 1 aromatic carbocycles. The highest BCUT2D eigenvalue weighted by atomic mass is 35.5. The average Bonchev–Trinajstić information content (AvgIpc) is 2.96. The zero-order chi connectivity index (χ0) is 17.3. The van der Waals surface area contributed by atoms with Crippen molar-refractivity contribution in [3.05, 3.63) is 18.2 Å². The number of alkyl halides is 2. The van der Waals surface area contributed by atoms with Gasteiger partial charge >= 0.3 is 0 Å². The number of anilines is 1. The number of nitrogens with one attached hydrogen (secondary N) is 1. The minimum atomic E-state index is -3.50. The Morgan fingerprint density at radius 3 is 2.62 bits per heavy atom. The third-order valence-electron chi connectivity index (χ3n) is 3.74. The van der Waals surface area contributed by atoms with Gasteiger partial charge in [0, 0.05) is 13.1 Å². The number of amides is 1. The topological polar surface area (TPSA) is 79.4 Å². The van der Waals surface area contributed by atoms with Gasteiger partial charge in [-0.2, -0.15) is 4.31 Å². The van der Waals surface area contributed by atoms with E-state index in [1.165, 1.54) is 15.6 Å². The highest BCUT2D eigenvalue weighted by Gasteiger charge is 2.26. The van der Waals surface area contributed by atoms with Gasteiger partial charge in [0.15, 0.2) is 9.97 Å². The Hall–Kier alpha value is -0.930. The maximum absolute atomic E-state index is 12.7. The van der Waals surface area contributed by atoms with Crippen molar-refractivity contribution in [3.63, 3.8) is 0 Å². The fourth-order valence-electron chi connectivity index (χ4n) is 2.53. The van der Waals surface area contributed by atoms with Crippen LogP contribution in [0.25, 0.3) is 10.2 Å². The summed E-state index contributed by atoms with van der Waals surface area (Å²) in [5.41, 5.74) is 0.605. The summed E-state index contributed by atoms with van der Waals surface area (Å²) in [5.74, 6) is -0.571. The number of rotatable bonds is 4. The zero-order valence-electron chi connectivity index (χ0n) is 12.5. The fraction of sp³-hybridized carbons (Fsp3) is 0.429. The molecule has 0 aliphatic carbocycles. The first kappa shape index (κ1) is 17.9. The Balaban J connectivity index is 1.89. The van der Waals surface area contributed by atoms with Gasteiger partial charge in [0.25, 0.3) is 5.91 Å². The number of nitrogens with zero attached hydrogens (tertiary/aromatic N) is 2. The lowest BCUT2D eigenvalue weighted by Crippen LogP contribution is -2.35. The van der Waals surface area contributed by atoms with E-state index in [1.807, 2.05) is 0 Å². The summed E-state index contributed by atoms with van der Waals surface area (Å²) in [5, 5.41) is 2.82. The summed E-state index contributed by atoms with van der Waals surface area (Å²) < 4.78 is 27.6. The summed E-state index contributed by atoms with van der Waals surface area (Å²) in [4.78, 5) is 14.8. The predicted octanol–water partition coefficient (Wildman–Crippen LogP) is 3.21. The molecule has 0 atom stereocenters. The lowest BCUT2D eigenvalue weighted by molar-refractivity contribution is -0.114. The number of benzene rings is 1. The Kier molecular flexibility index (Phi) is 5.31. The van der Waals surface area contributed by atoms with Crippen LogP contribution in [0, 0.1) is 0 Å². The smallest absolute Gasteiger partial charge is 0.259 e. The number of fused-ring (bicyclic) bond motifs is 1. The van der Waals surface area contributed by atoms with Gasteiger partial charge in [0.1, 0.15) is 0 Å². The van der Waals surface area contributed by atoms with E-state index in [2.05, 4.69) is 10.3 Å². The number of carbonyl (C=O) groups is 1. The number of hydrogen-bond donors (Lipinski definition) is 1. The van der Waals surface area contributed by atoms with E-state index >= 15 is 0 Å². The quantitative estimate of drug-likeness (QED) is 0.788. The molecule has 2 aromatic rings. The molecule has 130 valence electrons. The van der Waals surface area contributed by atoms with E-state index in [4.69, 9.17) is 23.2 Å². The Labute approximate surface area is 153 Å². The van der Waals surface area contributed by atoms with Crippen LogP contribution in [0.5, 0.6) is 0 Å². The lowest BCUT2D eigenvalue weighted by Gasteiger charge is -2.25. The van der Waals surface area contributed by atoms with Gasteiger partial charge in [-0.25, -0.2) is 13.4 Å². The second kappa shape index (κ2) is 7.13. The Bertz CT molecular complexity index is 861. The van der Waals surface area contributed by atoms with Crippen molar-refractivity contribution in [2.45, 2.75) is 29.0 Å². The van der Waals surface area contributed by atoms with Crippen molar-refractivity contribution in [2.24, 2.45) is 0 Å². The second-order valence-electron chi connectivity index (χ2n) is 5.40. The third-order valence-corrected chi connectivity index (χ3v) is 6.97. The third kappa shape index (κ3) is 3.67. The van der Waals surface area contributed by atoms with Crippen molar-refractivity contribution < 1.29 is 13.2 Å². The molecular formula is C14H15Cl2N3O3S2. The van der Waals surface area contributed by atoms with Gasteiger partial charge in [-0.15, -0.1) is 0 Å². The van der Waals surface area contributed by atoms with Crippen molar-refractivity contribution in [2.75, 3.05) is 18.4 Å². The van der Waals surface area contributed by atoms with Crippen LogP contribution in [-0.4, -0.2) is 41.5 Å². The van der Waals surface area contributed by atoms with Gasteiger partial charge in [-0.05, 0) is 31.0 Å². The van der Waals surface area contributed by atoms with Crippen molar-refractivity contribution in [1.29, 1.82) is 0 Å². The minimum absolute atomic E-state index is 0.242. The molecule has 0 bridgehead atoms. The molecule has 1 amide bonds. The molecule has 1 aromatic heterocycles. The first-order chi connectivity index (χ1) is 11.4. The lowest BCUT2D eigenvalue weighted by atomic mass is 10.2. The molecule has 10 heteroatoms. The molecule has 1 aliphatic rings. The molecule has 6 nitrogen and oxygen atoms in total. The highest BCUT2D eigenvalue weighted by Crippen LogP contribution is 2.30. The molecule has 0 unspecified atom stereocenters. The van der Waals surface area contributed by atoms with Crippen LogP contribution in [0.3, 0.4) is 0 Å². The van der Waals surface area contributed by atoms with Gasteiger partial charge < -0.3 is 0 Å². The largest absolute Gasteiger partial charge is 0.300 e. The van der Waals surface area contributed by atoms with E-state index in [-0.39, 0.29) is 4.90 Å². The van der Waals surface area contributed by atoms with Gasteiger partial charge in [-0.3, -0.25) is 10.1 Å². The minimum Gasteiger partial charge on any atom is -0.300 e. The van der Waals surface area contributed by atoms with E-state index in [1.54, 1.807) is 18.2 Å². The normalized spacial score (nSPS) is 16.6. The van der Waals surface area contributed by atoms with Crippen LogP contribution < -0.4 is 5.32 Å². The van der Waals surface area contributed by atoms with E-state index in [9.17, 15) is 13.2 Å². The van der Waals surface area contributed by atoms with Crippen LogP contribution in [0.15, 0.2) is 23.1 Å². The molecule has 1 aliphatic heterocycles. The second-order valence-corrected chi connectivity index (χ2v) is 9.47. The van der Waals surface area contributed by atoms with E-state index < -0.39 is 20.8 Å². The summed E-state index contributed by atoms with van der Waals surface area (Å²) in [7, 11) is -3.50. The first-order valence-electron chi connectivity index (χ1n) is 7.38. The number of hydrogen-bond acceptors (Lipinski definition) is 5. The van der Waals surface area contributed by atoms with Crippen molar-refractivity contribution >= 4 is 65.8 Å². The highest BCUT2D eigenvalue weighted by molar-refractivity contribution is 7.89. The number of carbonyl (C=O) groups excluding carboxylic acids is 1. The molecule has 0 spiro atoms. The van der Waals surface area contributed by atoms with Crippen LogP contribution in [-0.2, 0) is 14.8 Å². The monoisotopic (exact) mass is 407 g/mol. The maximum Gasteiger partial charge on any atom is 0.259 e. The molecule has 24 heavy (non-hydrogen) atoms. The van der Waals surface area contributed by atoms with Gasteiger partial charge in [0.2, 0.25) is 10.0 Å². The van der Waals surface area contributed by atoms with E-state index in [0.29, 0.717) is 28.4 Å². The molecule has 1 fully saturated rings. The first-order valence-corrected chi connectivity index (χ1v) is 10.5. The molecule has 3 rings (SSSR count). The molecular weight excluding hydrogens is 393 g/mol. The van der Waals surface area contributed by atoms with Crippen LogP contribution in [0.1, 0.15) is 19.3 Å². The Morgan fingerprint density at radius 2 is 1.96 bits per heavy atom. The van der Waals surface area contributed by atoms with Crippen LogP contribution >= 0.6 is 34.5 Å². The zero-order valence-corrected chi connectivity index (χ0v) is 15.7. The fourth-order valence-corrected chi connectivity index (χ4v) is 5.17. The molecule has 0 radical (unpaired) electrons. The molecule has 0 saturated carbocycles. The van der Waals surface area contributed by atoms with Gasteiger partial charge in [-0.1, -0.05) is 41.0 Å². The van der Waals surface area contributed by atoms with Crippen LogP contribution in [0.2, 0.25) is 0 Å². The number of aromatic nitrogens is 1. The maximum atomic E-state index is 12.7. The van der Waals surface area contributed by atoms with Crippen molar-refractivity contribution in [3.8, 4) is 0 Å². The predicted molar refractivity (Wildman–Crippen MR) is 96.4 cm³/mol. The summed E-state index contributed by atoms with van der Waals surface area (Å²) in [6.07, 6.45) is 2.83. The summed E-state index contributed by atoms with van der Waals surface area (Å²) >= 11 is 12.2. The van der Waals surface area contributed by atoms with Crippen LogP contribution in [0.4, 0.5) is 5.13 Å². The van der Waals surface area contributed by atoms with E-state index in [0.717, 1.165) is 19.3 Å². The number of thiazole rings is 1. The molecule has 2 heterocycles. The number of sulfonamides is 1. The Morgan fingerprint density at radius 1 is 1.25 bits per heavy atom. The van der Waals surface area contributed by atoms with Gasteiger partial charge in [0.05, 0.1) is 15.1 Å². The molecule has 1 saturated heterocycles.